The summed E-state index contributed by atoms with van der Waals surface area (Å²) >= 11 is 0. The Hall–Kier alpha value is -2.50. The second kappa shape index (κ2) is 4.64. The molecule has 0 spiro atoms. The third-order valence-electron chi connectivity index (χ3n) is 3.17. The van der Waals surface area contributed by atoms with Gasteiger partial charge >= 0.3 is 0 Å². The van der Waals surface area contributed by atoms with Crippen molar-refractivity contribution >= 4 is 17.4 Å². The maximum atomic E-state index is 12.1. The fourth-order valence-electron chi connectivity index (χ4n) is 2.12. The number of ether oxygens (including phenoxy) is 1. The molecule has 0 saturated heterocycles. The number of nitrogens with zero attached hydrogens (tertiary/aromatic N) is 1. The Morgan fingerprint density at radius 3 is 3.11 bits per heavy atom. The van der Waals surface area contributed by atoms with Crippen molar-refractivity contribution in [3.63, 3.8) is 0 Å². The van der Waals surface area contributed by atoms with Crippen LogP contribution in [0.1, 0.15) is 5.56 Å². The Morgan fingerprint density at radius 1 is 1.47 bits per heavy atom. The molecule has 1 atom stereocenters. The number of nitrogens with two attached hydrogens (primary N) is 1. The van der Waals surface area contributed by atoms with Gasteiger partial charge < -0.3 is 15.8 Å². The third kappa shape index (κ3) is 2.24. The van der Waals surface area contributed by atoms with Crippen LogP contribution < -0.4 is 15.8 Å². The molecular weight excluding hydrogens is 244 g/mol. The van der Waals surface area contributed by atoms with Crippen molar-refractivity contribution in [3.8, 4) is 5.75 Å². The molecule has 6 nitrogen and oxygen atoms in total. The molecule has 3 rings (SSSR count). The average molecular weight is 258 g/mol. The Morgan fingerprint density at radius 2 is 2.32 bits per heavy atom. The lowest BCUT2D eigenvalue weighted by molar-refractivity contribution is -0.121. The Kier molecular flexibility index (Phi) is 2.83. The van der Waals surface area contributed by atoms with Gasteiger partial charge in [0, 0.05) is 0 Å². The summed E-state index contributed by atoms with van der Waals surface area (Å²) in [5, 5.41) is 9.14. The number of H-pyrrole nitrogens is 1. The number of nitrogen functional groups attached to an aromatic ring is 1. The lowest BCUT2D eigenvalue weighted by atomic mass is 9.96. The van der Waals surface area contributed by atoms with Crippen LogP contribution in [0.15, 0.2) is 30.5 Å². The minimum Gasteiger partial charge on any atom is -0.492 e. The van der Waals surface area contributed by atoms with Crippen molar-refractivity contribution in [2.75, 3.05) is 17.7 Å². The van der Waals surface area contributed by atoms with E-state index in [2.05, 4.69) is 15.5 Å². The van der Waals surface area contributed by atoms with Crippen LogP contribution in [0.4, 0.5) is 11.5 Å². The second-order valence-electron chi connectivity index (χ2n) is 4.51. The van der Waals surface area contributed by atoms with Crippen molar-refractivity contribution in [1.82, 2.24) is 10.2 Å². The van der Waals surface area contributed by atoms with Crippen LogP contribution >= 0.6 is 0 Å². The number of carbonyl (C=O) groups is 1. The van der Waals surface area contributed by atoms with Gasteiger partial charge in [0.05, 0.1) is 17.8 Å². The summed E-state index contributed by atoms with van der Waals surface area (Å²) in [5.41, 5.74) is 7.12. The number of fused-ring (bicyclic) bond motifs is 1. The highest BCUT2D eigenvalue weighted by Gasteiger charge is 2.26. The maximum Gasteiger partial charge on any atom is 0.232 e. The van der Waals surface area contributed by atoms with Crippen LogP contribution in [-0.4, -0.2) is 22.7 Å². The highest BCUT2D eigenvalue weighted by molar-refractivity contribution is 5.94. The van der Waals surface area contributed by atoms with E-state index in [1.165, 1.54) is 6.20 Å². The third-order valence-corrected chi connectivity index (χ3v) is 3.17. The Bertz CT molecular complexity index is 608. The number of anilines is 2. The zero-order valence-corrected chi connectivity index (χ0v) is 10.2. The number of hydrogen-bond acceptors (Lipinski definition) is 4. The molecule has 1 aliphatic rings. The largest absolute Gasteiger partial charge is 0.492 e. The number of hydrogen-bond donors (Lipinski definition) is 3. The molecule has 1 aromatic carbocycles. The van der Waals surface area contributed by atoms with Crippen molar-refractivity contribution in [1.29, 1.82) is 0 Å². The van der Waals surface area contributed by atoms with Gasteiger partial charge in [-0.05, 0) is 18.1 Å². The molecule has 19 heavy (non-hydrogen) atoms. The molecule has 2 aromatic rings. The first-order chi connectivity index (χ1) is 9.24. The molecular formula is C13H14N4O2. The van der Waals surface area contributed by atoms with Gasteiger partial charge in [-0.2, -0.15) is 5.10 Å². The number of nitrogens with one attached hydrogen (secondary N) is 2. The van der Waals surface area contributed by atoms with Crippen LogP contribution in [0.3, 0.4) is 0 Å². The standard InChI is InChI=1S/C13H14N4O2/c14-10-6-15-17-12(10)16-13(18)9-5-8-3-1-2-4-11(8)19-7-9/h1-4,6,9H,5,7,14H2,(H2,15,16,17,18). The fourth-order valence-corrected chi connectivity index (χ4v) is 2.12. The molecule has 0 fully saturated rings. The van der Waals surface area contributed by atoms with Gasteiger partial charge in [0.2, 0.25) is 5.91 Å². The van der Waals surface area contributed by atoms with E-state index in [1.807, 2.05) is 24.3 Å². The smallest absolute Gasteiger partial charge is 0.232 e. The summed E-state index contributed by atoms with van der Waals surface area (Å²) in [4.78, 5) is 12.1. The summed E-state index contributed by atoms with van der Waals surface area (Å²) < 4.78 is 5.59. The number of rotatable bonds is 2. The SMILES string of the molecule is Nc1cn[nH]c1NC(=O)C1COc2ccccc2C1. The van der Waals surface area contributed by atoms with Crippen LogP contribution in [0, 0.1) is 5.92 Å². The van der Waals surface area contributed by atoms with Crippen molar-refractivity contribution in [2.45, 2.75) is 6.42 Å². The summed E-state index contributed by atoms with van der Waals surface area (Å²) in [6, 6.07) is 7.75. The lowest BCUT2D eigenvalue weighted by Crippen LogP contribution is -2.32. The predicted octanol–water partition coefficient (Wildman–Crippen LogP) is 1.18. The average Bonchev–Trinajstić information content (AvgIpc) is 2.84. The first kappa shape index (κ1) is 11.6. The fraction of sp³-hybridized carbons (Fsp3) is 0.231. The van der Waals surface area contributed by atoms with Gasteiger partial charge in [0.25, 0.3) is 0 Å². The van der Waals surface area contributed by atoms with Gasteiger partial charge in [-0.1, -0.05) is 18.2 Å². The van der Waals surface area contributed by atoms with Crippen LogP contribution in [0.5, 0.6) is 5.75 Å². The Balaban J connectivity index is 1.71. The van der Waals surface area contributed by atoms with E-state index >= 15 is 0 Å². The molecule has 0 bridgehead atoms. The van der Waals surface area contributed by atoms with Crippen molar-refractivity contribution < 1.29 is 9.53 Å². The van der Waals surface area contributed by atoms with Crippen molar-refractivity contribution in [3.05, 3.63) is 36.0 Å². The topological polar surface area (TPSA) is 93.0 Å². The van der Waals surface area contributed by atoms with E-state index in [9.17, 15) is 4.79 Å². The highest BCUT2D eigenvalue weighted by Crippen LogP contribution is 2.27. The molecule has 1 amide bonds. The molecule has 6 heteroatoms. The van der Waals surface area contributed by atoms with Gasteiger partial charge in [-0.15, -0.1) is 0 Å². The molecule has 0 radical (unpaired) electrons. The Labute approximate surface area is 110 Å². The van der Waals surface area contributed by atoms with E-state index in [4.69, 9.17) is 10.5 Å². The molecule has 4 N–H and O–H groups in total. The van der Waals surface area contributed by atoms with E-state index in [0.29, 0.717) is 24.5 Å². The minimum absolute atomic E-state index is 0.120. The molecule has 98 valence electrons. The summed E-state index contributed by atoms with van der Waals surface area (Å²) in [5.74, 6) is 0.944. The van der Waals surface area contributed by atoms with E-state index in [-0.39, 0.29) is 11.8 Å². The zero-order valence-electron chi connectivity index (χ0n) is 10.2. The second-order valence-corrected chi connectivity index (χ2v) is 4.51. The predicted molar refractivity (Wildman–Crippen MR) is 70.8 cm³/mol. The van der Waals surface area contributed by atoms with E-state index < -0.39 is 0 Å². The van der Waals surface area contributed by atoms with E-state index in [0.717, 1.165) is 11.3 Å². The quantitative estimate of drug-likeness (QED) is 0.754. The minimum atomic E-state index is -0.224. The number of benzene rings is 1. The summed E-state index contributed by atoms with van der Waals surface area (Å²) in [6.45, 7) is 0.372. The first-order valence-electron chi connectivity index (χ1n) is 6.04. The molecule has 2 heterocycles. The zero-order chi connectivity index (χ0) is 13.2. The molecule has 0 saturated carbocycles. The van der Waals surface area contributed by atoms with Crippen LogP contribution in [0.25, 0.3) is 0 Å². The summed E-state index contributed by atoms with van der Waals surface area (Å²) in [7, 11) is 0. The van der Waals surface area contributed by atoms with Crippen LogP contribution in [-0.2, 0) is 11.2 Å². The molecule has 1 aliphatic heterocycles. The first-order valence-corrected chi connectivity index (χ1v) is 6.04. The van der Waals surface area contributed by atoms with E-state index in [1.54, 1.807) is 0 Å². The van der Waals surface area contributed by atoms with Gasteiger partial charge in [-0.3, -0.25) is 9.89 Å². The summed E-state index contributed by atoms with van der Waals surface area (Å²) in [6.07, 6.45) is 2.12. The monoisotopic (exact) mass is 258 g/mol. The molecule has 1 unspecified atom stereocenters. The van der Waals surface area contributed by atoms with Crippen LogP contribution in [0.2, 0.25) is 0 Å². The maximum absolute atomic E-state index is 12.1. The lowest BCUT2D eigenvalue weighted by Gasteiger charge is -2.24. The number of para-hydroxylation sites is 1. The number of carbonyl (C=O) groups excluding carboxylic acids is 1. The van der Waals surface area contributed by atoms with Crippen molar-refractivity contribution in [2.24, 2.45) is 5.92 Å². The van der Waals surface area contributed by atoms with Gasteiger partial charge in [0.1, 0.15) is 12.4 Å². The number of amides is 1. The van der Waals surface area contributed by atoms with Gasteiger partial charge in [-0.25, -0.2) is 0 Å². The number of aromatic nitrogens is 2. The number of aromatic amines is 1. The molecule has 0 aliphatic carbocycles. The normalized spacial score (nSPS) is 17.4. The van der Waals surface area contributed by atoms with Gasteiger partial charge in [0.15, 0.2) is 5.82 Å². The molecule has 1 aromatic heterocycles. The highest BCUT2D eigenvalue weighted by atomic mass is 16.5.